The maximum absolute atomic E-state index is 10.8. The van der Waals surface area contributed by atoms with Crippen LogP contribution in [0.4, 0.5) is 5.69 Å². The summed E-state index contributed by atoms with van der Waals surface area (Å²) in [4.78, 5) is 23.2. The van der Waals surface area contributed by atoms with Crippen molar-refractivity contribution >= 4 is 18.0 Å². The van der Waals surface area contributed by atoms with Gasteiger partial charge in [0, 0.05) is 12.6 Å². The van der Waals surface area contributed by atoms with Gasteiger partial charge in [0.1, 0.15) is 11.7 Å². The van der Waals surface area contributed by atoms with Gasteiger partial charge in [0.05, 0.1) is 16.6 Å². The van der Waals surface area contributed by atoms with E-state index in [1.54, 1.807) is 0 Å². The lowest BCUT2D eigenvalue weighted by Crippen LogP contribution is -2.31. The number of hydrogen-bond acceptors (Lipinski definition) is 4. The topological polar surface area (TPSA) is 74.4 Å². The van der Waals surface area contributed by atoms with Gasteiger partial charge in [-0.15, -0.1) is 0 Å². The van der Waals surface area contributed by atoms with E-state index in [1.165, 1.54) is 12.5 Å². The number of carboxylic acid groups (broad SMARTS) is 1. The first-order chi connectivity index (χ1) is 7.75. The second-order valence-electron chi connectivity index (χ2n) is 3.58. The molecule has 0 aromatic heterocycles. The Morgan fingerprint density at radius 2 is 2.12 bits per heavy atom. The van der Waals surface area contributed by atoms with Gasteiger partial charge in [-0.1, -0.05) is 6.07 Å². The molecule has 0 amide bonds. The molecule has 5 nitrogen and oxygen atoms in total. The summed E-state index contributed by atoms with van der Waals surface area (Å²) >= 11 is 0. The van der Waals surface area contributed by atoms with Crippen molar-refractivity contribution in [1.29, 1.82) is 0 Å². The van der Waals surface area contributed by atoms with Crippen molar-refractivity contribution in [2.45, 2.75) is 6.42 Å². The van der Waals surface area contributed by atoms with Crippen LogP contribution in [0.25, 0.3) is 0 Å². The van der Waals surface area contributed by atoms with Crippen LogP contribution < -0.4 is 10.7 Å². The fourth-order valence-corrected chi connectivity index (χ4v) is 1.80. The van der Waals surface area contributed by atoms with Gasteiger partial charge in [0.2, 0.25) is 0 Å². The standard InChI is InChI=1S/C11H7N3O2/c15-11(16)7-3-6-1-2-8-10(14-5-13-8)9(6)12-4-7/h1-2,4-5H,3H2,(H,15,16). The van der Waals surface area contributed by atoms with Crippen molar-refractivity contribution in [3.05, 3.63) is 40.2 Å². The van der Waals surface area contributed by atoms with Crippen LogP contribution in [0, 0.1) is 0 Å². The minimum absolute atomic E-state index is 0.298. The van der Waals surface area contributed by atoms with Crippen LogP contribution in [0.3, 0.4) is 0 Å². The number of aliphatic carboxylic acids is 1. The van der Waals surface area contributed by atoms with Crippen molar-refractivity contribution in [2.75, 3.05) is 0 Å². The zero-order valence-corrected chi connectivity index (χ0v) is 8.21. The molecule has 16 heavy (non-hydrogen) atoms. The average molecular weight is 213 g/mol. The molecule has 0 spiro atoms. The van der Waals surface area contributed by atoms with E-state index in [9.17, 15) is 4.79 Å². The van der Waals surface area contributed by atoms with E-state index >= 15 is 0 Å². The van der Waals surface area contributed by atoms with E-state index in [1.807, 2.05) is 12.1 Å². The Hall–Kier alpha value is -2.30. The van der Waals surface area contributed by atoms with Crippen LogP contribution in [-0.2, 0) is 11.2 Å². The summed E-state index contributed by atoms with van der Waals surface area (Å²) in [5, 5.41) is 10.4. The van der Waals surface area contributed by atoms with E-state index in [-0.39, 0.29) is 0 Å². The summed E-state index contributed by atoms with van der Waals surface area (Å²) < 4.78 is 0. The maximum atomic E-state index is 10.8. The van der Waals surface area contributed by atoms with Crippen molar-refractivity contribution in [1.82, 2.24) is 0 Å². The van der Waals surface area contributed by atoms with E-state index in [4.69, 9.17) is 5.11 Å². The van der Waals surface area contributed by atoms with Crippen molar-refractivity contribution in [2.24, 2.45) is 15.0 Å². The summed E-state index contributed by atoms with van der Waals surface area (Å²) in [6.07, 6.45) is 3.26. The zero-order chi connectivity index (χ0) is 11.1. The molecule has 2 aliphatic rings. The predicted octanol–water partition coefficient (Wildman–Crippen LogP) is 0.124. The molecule has 0 aliphatic carbocycles. The smallest absolute Gasteiger partial charge is 0.333 e. The number of fused-ring (bicyclic) bond motifs is 3. The van der Waals surface area contributed by atoms with E-state index in [0.717, 1.165) is 22.0 Å². The zero-order valence-electron chi connectivity index (χ0n) is 8.21. The van der Waals surface area contributed by atoms with Crippen LogP contribution in [0.2, 0.25) is 0 Å². The Labute approximate surface area is 90.2 Å². The van der Waals surface area contributed by atoms with E-state index in [2.05, 4.69) is 15.0 Å². The van der Waals surface area contributed by atoms with Gasteiger partial charge in [-0.25, -0.2) is 14.8 Å². The van der Waals surface area contributed by atoms with Crippen LogP contribution in [0.15, 0.2) is 38.9 Å². The minimum atomic E-state index is -0.928. The van der Waals surface area contributed by atoms with Crippen LogP contribution in [0.1, 0.15) is 5.56 Å². The predicted molar refractivity (Wildman–Crippen MR) is 56.3 cm³/mol. The van der Waals surface area contributed by atoms with Crippen LogP contribution >= 0.6 is 0 Å². The third kappa shape index (κ3) is 1.18. The molecule has 0 bridgehead atoms. The molecule has 2 heterocycles. The highest BCUT2D eigenvalue weighted by Crippen LogP contribution is 2.12. The second kappa shape index (κ2) is 3.10. The first kappa shape index (κ1) is 8.96. The Morgan fingerprint density at radius 1 is 1.25 bits per heavy atom. The molecule has 78 valence electrons. The van der Waals surface area contributed by atoms with Gasteiger partial charge in [0.25, 0.3) is 0 Å². The summed E-state index contributed by atoms with van der Waals surface area (Å²) in [7, 11) is 0. The first-order valence-corrected chi connectivity index (χ1v) is 4.78. The van der Waals surface area contributed by atoms with Crippen LogP contribution in [-0.4, -0.2) is 17.4 Å². The number of nitrogens with zero attached hydrogens (tertiary/aromatic N) is 3. The van der Waals surface area contributed by atoms with Crippen molar-refractivity contribution in [3.63, 3.8) is 0 Å². The van der Waals surface area contributed by atoms with E-state index in [0.29, 0.717) is 12.0 Å². The molecule has 1 aromatic carbocycles. The third-order valence-electron chi connectivity index (χ3n) is 2.60. The van der Waals surface area contributed by atoms with Gasteiger partial charge >= 0.3 is 5.97 Å². The molecule has 0 radical (unpaired) electrons. The number of carboxylic acids is 1. The Morgan fingerprint density at radius 3 is 2.94 bits per heavy atom. The number of benzene rings is 1. The minimum Gasteiger partial charge on any atom is -0.478 e. The summed E-state index contributed by atoms with van der Waals surface area (Å²) in [5.74, 6) is -0.928. The van der Waals surface area contributed by atoms with Gasteiger partial charge in [-0.2, -0.15) is 0 Å². The molecular weight excluding hydrogens is 206 g/mol. The molecule has 5 heteroatoms. The highest BCUT2D eigenvalue weighted by atomic mass is 16.4. The van der Waals surface area contributed by atoms with Gasteiger partial charge < -0.3 is 5.11 Å². The fourth-order valence-electron chi connectivity index (χ4n) is 1.80. The molecule has 0 unspecified atom stereocenters. The van der Waals surface area contributed by atoms with E-state index < -0.39 is 5.97 Å². The molecule has 3 rings (SSSR count). The highest BCUT2D eigenvalue weighted by molar-refractivity contribution is 5.87. The molecule has 2 aliphatic heterocycles. The lowest BCUT2D eigenvalue weighted by atomic mass is 10.0. The Balaban J connectivity index is 2.27. The van der Waals surface area contributed by atoms with Gasteiger partial charge in [0.15, 0.2) is 0 Å². The monoisotopic (exact) mass is 213 g/mol. The first-order valence-electron chi connectivity index (χ1n) is 4.78. The molecule has 1 N–H and O–H groups in total. The SMILES string of the molecule is O=C(O)C1=CN=c2c(ccc3c2=NC=N3)C1. The number of aliphatic imine (C=N–C) groups is 1. The molecule has 1 aromatic rings. The second-order valence-corrected chi connectivity index (χ2v) is 3.58. The lowest BCUT2D eigenvalue weighted by molar-refractivity contribution is -0.132. The molecule has 0 saturated heterocycles. The van der Waals surface area contributed by atoms with Crippen LogP contribution in [0.5, 0.6) is 0 Å². The summed E-state index contributed by atoms with van der Waals surface area (Å²) in [6, 6.07) is 3.69. The quantitative estimate of drug-likeness (QED) is 0.719. The molecule has 0 fully saturated rings. The van der Waals surface area contributed by atoms with Gasteiger partial charge in [-0.05, 0) is 11.6 Å². The molecular formula is C11H7N3O2. The largest absolute Gasteiger partial charge is 0.478 e. The fraction of sp³-hybridized carbons (Fsp3) is 0.0909. The summed E-state index contributed by atoms with van der Waals surface area (Å²) in [5.41, 5.74) is 1.97. The van der Waals surface area contributed by atoms with Crippen molar-refractivity contribution < 1.29 is 9.90 Å². The molecule has 0 atom stereocenters. The lowest BCUT2D eigenvalue weighted by Gasteiger charge is -2.07. The number of hydrogen-bond donors (Lipinski definition) is 1. The van der Waals surface area contributed by atoms with Crippen molar-refractivity contribution in [3.8, 4) is 0 Å². The number of rotatable bonds is 1. The Bertz CT molecular complexity index is 671. The highest BCUT2D eigenvalue weighted by Gasteiger charge is 2.15. The number of carbonyl (C=O) groups is 1. The molecule has 0 saturated carbocycles. The summed E-state index contributed by atoms with van der Waals surface area (Å²) in [6.45, 7) is 0. The third-order valence-corrected chi connectivity index (χ3v) is 2.60. The average Bonchev–Trinajstić information content (AvgIpc) is 2.76. The maximum Gasteiger partial charge on any atom is 0.333 e. The normalized spacial score (nSPS) is 15.6. The van der Waals surface area contributed by atoms with Gasteiger partial charge in [-0.3, -0.25) is 4.99 Å². The Kier molecular flexibility index (Phi) is 1.73.